The van der Waals surface area contributed by atoms with E-state index >= 15 is 0 Å². The van der Waals surface area contributed by atoms with Gasteiger partial charge in [-0.25, -0.2) is 15.0 Å². The van der Waals surface area contributed by atoms with Gasteiger partial charge in [-0.15, -0.1) is 11.3 Å². The minimum Gasteiger partial charge on any atom is -0.491 e. The summed E-state index contributed by atoms with van der Waals surface area (Å²) in [5.74, 6) is 2.31. The molecule has 0 saturated heterocycles. The number of fused-ring (bicyclic) bond motifs is 1. The van der Waals surface area contributed by atoms with Crippen LogP contribution >= 0.6 is 11.3 Å². The first-order valence-electron chi connectivity index (χ1n) is 9.99. The Morgan fingerprint density at radius 1 is 1.03 bits per heavy atom. The first-order chi connectivity index (χ1) is 15.1. The van der Waals surface area contributed by atoms with Crippen molar-refractivity contribution in [2.24, 2.45) is 0 Å². The second kappa shape index (κ2) is 9.72. The minimum absolute atomic E-state index is 0.460. The van der Waals surface area contributed by atoms with Gasteiger partial charge in [0.15, 0.2) is 0 Å². The molecule has 2 aromatic heterocycles. The molecule has 0 atom stereocenters. The summed E-state index contributed by atoms with van der Waals surface area (Å²) < 4.78 is 11.9. The molecule has 0 fully saturated rings. The Kier molecular flexibility index (Phi) is 6.59. The molecular weight excluding hydrogens is 410 g/mol. The maximum Gasteiger partial charge on any atom is 0.145 e. The summed E-state index contributed by atoms with van der Waals surface area (Å²) in [7, 11) is 4.05. The van der Waals surface area contributed by atoms with Crippen molar-refractivity contribution in [1.29, 1.82) is 0 Å². The van der Waals surface area contributed by atoms with Gasteiger partial charge in [0.2, 0.25) is 0 Å². The van der Waals surface area contributed by atoms with Crippen LogP contribution in [-0.4, -0.2) is 47.1 Å². The average Bonchev–Trinajstić information content (AvgIpc) is 3.27. The number of hydrogen-bond donors (Lipinski definition) is 1. The summed E-state index contributed by atoms with van der Waals surface area (Å²) >= 11 is 1.56. The SMILES string of the molecule is Cc1cc(Nc2ncnc3cccc(OCCN(C)C)c23)ccc1OCc1cscn1. The van der Waals surface area contributed by atoms with Crippen LogP contribution in [0.2, 0.25) is 0 Å². The fraction of sp³-hybridized carbons (Fsp3) is 0.261. The molecule has 4 rings (SSSR count). The van der Waals surface area contributed by atoms with Crippen molar-refractivity contribution in [3.63, 3.8) is 0 Å². The number of nitrogens with one attached hydrogen (secondary N) is 1. The third-order valence-corrected chi connectivity index (χ3v) is 5.35. The van der Waals surface area contributed by atoms with Crippen molar-refractivity contribution in [2.75, 3.05) is 32.6 Å². The molecule has 0 radical (unpaired) electrons. The van der Waals surface area contributed by atoms with Crippen molar-refractivity contribution in [1.82, 2.24) is 19.9 Å². The van der Waals surface area contributed by atoms with Gasteiger partial charge in [-0.05, 0) is 56.9 Å². The number of anilines is 2. The van der Waals surface area contributed by atoms with Crippen molar-refractivity contribution in [3.8, 4) is 11.5 Å². The number of thiazole rings is 1. The zero-order valence-electron chi connectivity index (χ0n) is 17.8. The Labute approximate surface area is 185 Å². The highest BCUT2D eigenvalue weighted by Gasteiger charge is 2.11. The summed E-state index contributed by atoms with van der Waals surface area (Å²) in [6, 6.07) is 11.8. The summed E-state index contributed by atoms with van der Waals surface area (Å²) in [6.45, 7) is 3.90. The van der Waals surface area contributed by atoms with E-state index in [4.69, 9.17) is 9.47 Å². The molecule has 0 aliphatic heterocycles. The molecule has 0 aliphatic carbocycles. The maximum atomic E-state index is 6.03. The monoisotopic (exact) mass is 435 g/mol. The van der Waals surface area contributed by atoms with Gasteiger partial charge in [0.25, 0.3) is 0 Å². The molecule has 2 heterocycles. The molecule has 7 nitrogen and oxygen atoms in total. The molecule has 0 amide bonds. The van der Waals surface area contributed by atoms with Crippen LogP contribution in [0.3, 0.4) is 0 Å². The molecule has 1 N–H and O–H groups in total. The van der Waals surface area contributed by atoms with Gasteiger partial charge < -0.3 is 19.7 Å². The Balaban J connectivity index is 1.54. The largest absolute Gasteiger partial charge is 0.491 e. The molecule has 0 spiro atoms. The van der Waals surface area contributed by atoms with Crippen LogP contribution in [0.1, 0.15) is 11.3 Å². The second-order valence-electron chi connectivity index (χ2n) is 7.40. The minimum atomic E-state index is 0.460. The van der Waals surface area contributed by atoms with E-state index in [-0.39, 0.29) is 0 Å². The second-order valence-corrected chi connectivity index (χ2v) is 8.12. The molecule has 0 bridgehead atoms. The van der Waals surface area contributed by atoms with Crippen molar-refractivity contribution in [2.45, 2.75) is 13.5 Å². The van der Waals surface area contributed by atoms with Crippen LogP contribution in [-0.2, 0) is 6.61 Å². The third kappa shape index (κ3) is 5.28. The molecule has 0 unspecified atom stereocenters. The molecule has 4 aromatic rings. The Morgan fingerprint density at radius 3 is 2.71 bits per heavy atom. The predicted octanol–water partition coefficient (Wildman–Crippen LogP) is 4.66. The first kappa shape index (κ1) is 21.0. The van der Waals surface area contributed by atoms with Crippen LogP contribution in [0.25, 0.3) is 10.9 Å². The number of hydrogen-bond acceptors (Lipinski definition) is 8. The van der Waals surface area contributed by atoms with E-state index in [9.17, 15) is 0 Å². The molecule has 31 heavy (non-hydrogen) atoms. The molecule has 8 heteroatoms. The number of ether oxygens (including phenoxy) is 2. The summed E-state index contributed by atoms with van der Waals surface area (Å²) in [4.78, 5) is 15.2. The number of rotatable bonds is 9. The smallest absolute Gasteiger partial charge is 0.145 e. The number of benzene rings is 2. The molecule has 0 saturated carbocycles. The van der Waals surface area contributed by atoms with Gasteiger partial charge in [-0.3, -0.25) is 0 Å². The van der Waals surface area contributed by atoms with Gasteiger partial charge in [-0.1, -0.05) is 6.07 Å². The highest BCUT2D eigenvalue weighted by atomic mass is 32.1. The van der Waals surface area contributed by atoms with Crippen LogP contribution in [0.15, 0.2) is 53.6 Å². The van der Waals surface area contributed by atoms with Crippen molar-refractivity contribution in [3.05, 3.63) is 64.9 Å². The third-order valence-electron chi connectivity index (χ3n) is 4.72. The van der Waals surface area contributed by atoms with Gasteiger partial charge in [-0.2, -0.15) is 0 Å². The summed E-state index contributed by atoms with van der Waals surface area (Å²) in [5, 5.41) is 6.27. The number of aromatic nitrogens is 3. The molecule has 160 valence electrons. The zero-order chi connectivity index (χ0) is 21.6. The average molecular weight is 436 g/mol. The quantitative estimate of drug-likeness (QED) is 0.410. The van der Waals surface area contributed by atoms with Gasteiger partial charge >= 0.3 is 0 Å². The molecular formula is C23H25N5O2S. The molecule has 0 aliphatic rings. The van der Waals surface area contributed by atoms with Crippen LogP contribution < -0.4 is 14.8 Å². The maximum absolute atomic E-state index is 6.03. The van der Waals surface area contributed by atoms with Crippen LogP contribution in [0.5, 0.6) is 11.5 Å². The predicted molar refractivity (Wildman–Crippen MR) is 124 cm³/mol. The first-order valence-corrected chi connectivity index (χ1v) is 10.9. The number of likely N-dealkylation sites (N-methyl/N-ethyl adjacent to an activating group) is 1. The summed E-state index contributed by atoms with van der Waals surface area (Å²) in [6.07, 6.45) is 1.56. The topological polar surface area (TPSA) is 72.4 Å². The lowest BCUT2D eigenvalue weighted by atomic mass is 10.1. The van der Waals surface area contributed by atoms with E-state index < -0.39 is 0 Å². The standard InChI is InChI=1S/C23H25N5O2S/c1-16-11-17(7-8-20(16)30-12-18-13-31-15-26-18)27-23-22-19(24-14-25-23)5-4-6-21(22)29-10-9-28(2)3/h4-8,11,13-15H,9-10,12H2,1-3H3,(H,24,25,27). The summed E-state index contributed by atoms with van der Waals surface area (Å²) in [5.41, 5.74) is 5.52. The zero-order valence-corrected chi connectivity index (χ0v) is 18.6. The van der Waals surface area contributed by atoms with E-state index in [0.717, 1.165) is 45.9 Å². The van der Waals surface area contributed by atoms with Crippen LogP contribution in [0, 0.1) is 6.92 Å². The highest BCUT2D eigenvalue weighted by molar-refractivity contribution is 7.07. The van der Waals surface area contributed by atoms with Gasteiger partial charge in [0, 0.05) is 17.6 Å². The number of nitrogens with zero attached hydrogens (tertiary/aromatic N) is 4. The normalized spacial score (nSPS) is 11.1. The van der Waals surface area contributed by atoms with Gasteiger partial charge in [0.1, 0.15) is 36.9 Å². The molecule has 2 aromatic carbocycles. The van der Waals surface area contributed by atoms with E-state index in [0.29, 0.717) is 19.0 Å². The van der Waals surface area contributed by atoms with Crippen molar-refractivity contribution < 1.29 is 9.47 Å². The van der Waals surface area contributed by atoms with Gasteiger partial charge in [0.05, 0.1) is 22.1 Å². The lowest BCUT2D eigenvalue weighted by molar-refractivity contribution is 0.263. The van der Waals surface area contributed by atoms with E-state index in [2.05, 4.69) is 25.2 Å². The van der Waals surface area contributed by atoms with E-state index in [1.807, 2.05) is 68.3 Å². The van der Waals surface area contributed by atoms with E-state index in [1.165, 1.54) is 0 Å². The Bertz CT molecular complexity index is 1140. The Hall–Kier alpha value is -3.23. The lowest BCUT2D eigenvalue weighted by Crippen LogP contribution is -2.19. The van der Waals surface area contributed by atoms with E-state index in [1.54, 1.807) is 17.7 Å². The fourth-order valence-corrected chi connectivity index (χ4v) is 3.66. The Morgan fingerprint density at radius 2 is 1.94 bits per heavy atom. The van der Waals surface area contributed by atoms with Crippen molar-refractivity contribution >= 4 is 33.7 Å². The lowest BCUT2D eigenvalue weighted by Gasteiger charge is -2.15. The fourth-order valence-electron chi connectivity index (χ4n) is 3.12. The van der Waals surface area contributed by atoms with Crippen LogP contribution in [0.4, 0.5) is 11.5 Å². The number of aryl methyl sites for hydroxylation is 1. The highest BCUT2D eigenvalue weighted by Crippen LogP contribution is 2.32.